The number of hydrogen-bond donors (Lipinski definition) is 1. The van der Waals surface area contributed by atoms with Crippen LogP contribution in [0.3, 0.4) is 0 Å². The van der Waals surface area contributed by atoms with Crippen LogP contribution in [-0.2, 0) is 0 Å². The van der Waals surface area contributed by atoms with Gasteiger partial charge in [0.15, 0.2) is 0 Å². The van der Waals surface area contributed by atoms with E-state index in [1.54, 1.807) is 7.11 Å². The molecule has 0 saturated carbocycles. The van der Waals surface area contributed by atoms with Crippen LogP contribution in [0.15, 0.2) is 18.2 Å². The zero-order valence-electron chi connectivity index (χ0n) is 12.0. The number of benzene rings is 1. The maximum Gasteiger partial charge on any atom is 0.119 e. The monoisotopic (exact) mass is 260 g/mol. The Hall–Kier alpha value is -1.22. The summed E-state index contributed by atoms with van der Waals surface area (Å²) < 4.78 is 5.38. The van der Waals surface area contributed by atoms with Crippen molar-refractivity contribution >= 4 is 5.69 Å². The van der Waals surface area contributed by atoms with Crippen molar-refractivity contribution < 1.29 is 4.74 Å². The molecule has 3 heteroatoms. The smallest absolute Gasteiger partial charge is 0.119 e. The van der Waals surface area contributed by atoms with Crippen LogP contribution in [0.4, 0.5) is 5.69 Å². The summed E-state index contributed by atoms with van der Waals surface area (Å²) in [5.41, 5.74) is 2.88. The number of likely N-dealkylation sites (N-methyl/N-ethyl adjacent to an activating group) is 1. The van der Waals surface area contributed by atoms with E-state index < -0.39 is 0 Å². The lowest BCUT2D eigenvalue weighted by molar-refractivity contribution is 0.335. The van der Waals surface area contributed by atoms with Crippen LogP contribution in [0.5, 0.6) is 5.75 Å². The minimum absolute atomic E-state index is 0.679. The van der Waals surface area contributed by atoms with Crippen molar-refractivity contribution in [2.24, 2.45) is 5.92 Å². The van der Waals surface area contributed by atoms with Crippen molar-refractivity contribution in [3.63, 3.8) is 0 Å². The summed E-state index contributed by atoms with van der Waals surface area (Å²) in [5.74, 6) is 2.55. The molecule has 0 radical (unpaired) electrons. The lowest BCUT2D eigenvalue weighted by Gasteiger charge is -2.25. The number of rotatable bonds is 3. The fraction of sp³-hybridized carbons (Fsp3) is 0.625. The van der Waals surface area contributed by atoms with E-state index in [9.17, 15) is 0 Å². The molecule has 0 bridgehead atoms. The first kappa shape index (κ1) is 12.8. The summed E-state index contributed by atoms with van der Waals surface area (Å²) in [6.07, 6.45) is 3.99. The number of nitrogens with zero attached hydrogens (tertiary/aromatic N) is 1. The molecule has 0 aromatic heterocycles. The highest BCUT2D eigenvalue weighted by Crippen LogP contribution is 2.41. The molecule has 1 saturated heterocycles. The molecule has 1 unspecified atom stereocenters. The van der Waals surface area contributed by atoms with E-state index in [2.05, 4.69) is 35.5 Å². The highest BCUT2D eigenvalue weighted by atomic mass is 16.5. The Bertz CT molecular complexity index is 440. The lowest BCUT2D eigenvalue weighted by atomic mass is 9.85. The highest BCUT2D eigenvalue weighted by Gasteiger charge is 2.29. The lowest BCUT2D eigenvalue weighted by Crippen LogP contribution is -2.29. The summed E-state index contributed by atoms with van der Waals surface area (Å²) in [7, 11) is 3.95. The first-order valence-corrected chi connectivity index (χ1v) is 7.37. The van der Waals surface area contributed by atoms with Crippen LogP contribution in [0.2, 0.25) is 0 Å². The molecule has 1 fully saturated rings. The number of anilines is 1. The number of ether oxygens (including phenoxy) is 1. The van der Waals surface area contributed by atoms with Gasteiger partial charge < -0.3 is 15.0 Å². The Labute approximate surface area is 115 Å². The second kappa shape index (κ2) is 5.41. The molecule has 0 amide bonds. The highest BCUT2D eigenvalue weighted by molar-refractivity contribution is 5.61. The summed E-state index contributed by atoms with van der Waals surface area (Å²) in [4.78, 5) is 2.39. The van der Waals surface area contributed by atoms with E-state index in [1.807, 2.05) is 0 Å². The molecule has 0 spiro atoms. The Kier molecular flexibility index (Phi) is 3.65. The third-order valence-electron chi connectivity index (χ3n) is 4.66. The predicted molar refractivity (Wildman–Crippen MR) is 79.2 cm³/mol. The molecule has 3 rings (SSSR count). The first-order chi connectivity index (χ1) is 9.28. The summed E-state index contributed by atoms with van der Waals surface area (Å²) in [5, 5.41) is 3.46. The van der Waals surface area contributed by atoms with Crippen molar-refractivity contribution in [3.8, 4) is 5.75 Å². The molecule has 1 atom stereocenters. The summed E-state index contributed by atoms with van der Waals surface area (Å²) in [6, 6.07) is 6.52. The van der Waals surface area contributed by atoms with Gasteiger partial charge in [-0.05, 0) is 62.0 Å². The molecule has 0 aliphatic carbocycles. The maximum absolute atomic E-state index is 5.38. The van der Waals surface area contributed by atoms with E-state index in [-0.39, 0.29) is 0 Å². The second-order valence-corrected chi connectivity index (χ2v) is 5.93. The van der Waals surface area contributed by atoms with E-state index in [0.29, 0.717) is 5.92 Å². The van der Waals surface area contributed by atoms with Gasteiger partial charge in [0, 0.05) is 25.2 Å². The Balaban J connectivity index is 1.77. The minimum atomic E-state index is 0.679. The average molecular weight is 260 g/mol. The zero-order chi connectivity index (χ0) is 13.2. The quantitative estimate of drug-likeness (QED) is 0.904. The first-order valence-electron chi connectivity index (χ1n) is 7.37. The van der Waals surface area contributed by atoms with Gasteiger partial charge in [-0.3, -0.25) is 0 Å². The predicted octanol–water partition coefficient (Wildman–Crippen LogP) is 2.62. The van der Waals surface area contributed by atoms with Crippen LogP contribution in [0, 0.1) is 5.92 Å². The van der Waals surface area contributed by atoms with Gasteiger partial charge in [-0.15, -0.1) is 0 Å². The van der Waals surface area contributed by atoms with Gasteiger partial charge >= 0.3 is 0 Å². The number of hydrogen-bond acceptors (Lipinski definition) is 3. The van der Waals surface area contributed by atoms with Crippen molar-refractivity contribution in [3.05, 3.63) is 23.8 Å². The molecule has 19 heavy (non-hydrogen) atoms. The normalized spacial score (nSPS) is 23.5. The van der Waals surface area contributed by atoms with Gasteiger partial charge in [-0.25, -0.2) is 0 Å². The average Bonchev–Trinajstić information content (AvgIpc) is 2.76. The number of fused-ring (bicyclic) bond motifs is 1. The summed E-state index contributed by atoms with van der Waals surface area (Å²) in [6.45, 7) is 3.54. The van der Waals surface area contributed by atoms with E-state index in [0.717, 1.165) is 18.2 Å². The minimum Gasteiger partial charge on any atom is -0.497 e. The zero-order valence-corrected chi connectivity index (χ0v) is 12.0. The Morgan fingerprint density at radius 1 is 1.32 bits per heavy atom. The van der Waals surface area contributed by atoms with Crippen molar-refractivity contribution in [2.45, 2.75) is 25.2 Å². The van der Waals surface area contributed by atoms with Gasteiger partial charge in [0.05, 0.1) is 7.11 Å². The Morgan fingerprint density at radius 2 is 2.11 bits per heavy atom. The molecule has 3 nitrogen and oxygen atoms in total. The number of piperidine rings is 1. The van der Waals surface area contributed by atoms with Crippen LogP contribution in [0.25, 0.3) is 0 Å². The molecular formula is C16H24N2O. The SMILES string of the molecule is COc1ccc2c(c1)C(CC1CCNCC1)CN2C. The standard InChI is InChI=1S/C16H24N2O/c1-18-11-13(9-12-5-7-17-8-6-12)15-10-14(19-2)3-4-16(15)18/h3-4,10,12-13,17H,5-9,11H2,1-2H3. The van der Waals surface area contributed by atoms with Gasteiger partial charge in [-0.1, -0.05) is 0 Å². The molecule has 1 aromatic carbocycles. The van der Waals surface area contributed by atoms with E-state index in [1.165, 1.54) is 43.6 Å². The fourth-order valence-corrected chi connectivity index (χ4v) is 3.58. The second-order valence-electron chi connectivity index (χ2n) is 5.93. The summed E-state index contributed by atoms with van der Waals surface area (Å²) >= 11 is 0. The maximum atomic E-state index is 5.38. The molecule has 104 valence electrons. The number of nitrogens with one attached hydrogen (secondary N) is 1. The number of methoxy groups -OCH3 is 1. The molecule has 2 heterocycles. The third-order valence-corrected chi connectivity index (χ3v) is 4.66. The Morgan fingerprint density at radius 3 is 2.84 bits per heavy atom. The van der Waals surface area contributed by atoms with Crippen LogP contribution in [0.1, 0.15) is 30.7 Å². The van der Waals surface area contributed by atoms with E-state index in [4.69, 9.17) is 4.74 Å². The van der Waals surface area contributed by atoms with Gasteiger partial charge in [0.2, 0.25) is 0 Å². The third kappa shape index (κ3) is 2.57. The van der Waals surface area contributed by atoms with Gasteiger partial charge in [0.1, 0.15) is 5.75 Å². The topological polar surface area (TPSA) is 24.5 Å². The van der Waals surface area contributed by atoms with Crippen LogP contribution < -0.4 is 15.0 Å². The molecule has 2 aliphatic rings. The molecular weight excluding hydrogens is 236 g/mol. The van der Waals surface area contributed by atoms with Crippen molar-refractivity contribution in [1.29, 1.82) is 0 Å². The fourth-order valence-electron chi connectivity index (χ4n) is 3.58. The molecule has 1 aromatic rings. The largest absolute Gasteiger partial charge is 0.497 e. The van der Waals surface area contributed by atoms with E-state index >= 15 is 0 Å². The van der Waals surface area contributed by atoms with Crippen molar-refractivity contribution in [1.82, 2.24) is 5.32 Å². The van der Waals surface area contributed by atoms with Crippen LogP contribution in [-0.4, -0.2) is 33.8 Å². The molecule has 2 aliphatic heterocycles. The van der Waals surface area contributed by atoms with Gasteiger partial charge in [0.25, 0.3) is 0 Å². The van der Waals surface area contributed by atoms with Crippen molar-refractivity contribution in [2.75, 3.05) is 38.7 Å². The molecule has 1 N–H and O–H groups in total. The van der Waals surface area contributed by atoms with Crippen LogP contribution >= 0.6 is 0 Å². The van der Waals surface area contributed by atoms with Gasteiger partial charge in [-0.2, -0.15) is 0 Å².